The molecule has 1 N–H and O–H groups in total. The van der Waals surface area contributed by atoms with E-state index in [2.05, 4.69) is 17.5 Å². The maximum atomic E-state index is 13.1. The number of amides is 3. The summed E-state index contributed by atoms with van der Waals surface area (Å²) in [6, 6.07) is 5.45. The fraction of sp³-hybridized carbons (Fsp3) is 0.500. The standard InChI is InChI=1S/C24H26N2O5/c1-11(2)31-24(30)13-4-6-14(7-5-13)25-21(27)12(3)26-22(28)19-15-8-9-16(18-10-17(15)18)20(19)23(26)29/h4-9,11-12,15-20H,10H2,1-3H3,(H,25,27)/t12-,15-,16-,17-,18+,19+,20+/m0/s1. The Hall–Kier alpha value is -2.96. The Morgan fingerprint density at radius 2 is 1.52 bits per heavy atom. The molecule has 31 heavy (non-hydrogen) atoms. The minimum Gasteiger partial charge on any atom is -0.459 e. The van der Waals surface area contributed by atoms with Gasteiger partial charge >= 0.3 is 5.97 Å². The molecule has 7 nitrogen and oxygen atoms in total. The van der Waals surface area contributed by atoms with E-state index in [9.17, 15) is 19.2 Å². The van der Waals surface area contributed by atoms with Crippen molar-refractivity contribution in [2.24, 2.45) is 35.5 Å². The molecule has 162 valence electrons. The lowest BCUT2D eigenvalue weighted by atomic mass is 9.63. The van der Waals surface area contributed by atoms with Gasteiger partial charge in [0.15, 0.2) is 0 Å². The number of rotatable bonds is 5. The predicted octanol–water partition coefficient (Wildman–Crippen LogP) is 2.63. The molecule has 0 spiro atoms. The van der Waals surface area contributed by atoms with Crippen LogP contribution in [0.2, 0.25) is 0 Å². The van der Waals surface area contributed by atoms with Gasteiger partial charge in [-0.25, -0.2) is 4.79 Å². The normalized spacial score (nSPS) is 33.2. The first kappa shape index (κ1) is 20.0. The molecule has 1 aromatic carbocycles. The van der Waals surface area contributed by atoms with Gasteiger partial charge < -0.3 is 10.1 Å². The lowest BCUT2D eigenvalue weighted by Gasteiger charge is -2.37. The quantitative estimate of drug-likeness (QED) is 0.447. The van der Waals surface area contributed by atoms with Crippen molar-refractivity contribution in [3.05, 3.63) is 42.0 Å². The number of benzene rings is 1. The van der Waals surface area contributed by atoms with Gasteiger partial charge in [-0.05, 0) is 75.1 Å². The van der Waals surface area contributed by atoms with Crippen molar-refractivity contribution < 1.29 is 23.9 Å². The van der Waals surface area contributed by atoms with Crippen LogP contribution in [0.25, 0.3) is 0 Å². The number of allylic oxidation sites excluding steroid dienone is 2. The van der Waals surface area contributed by atoms with Gasteiger partial charge in [-0.1, -0.05) is 12.2 Å². The second kappa shape index (κ2) is 7.04. The molecule has 3 fully saturated rings. The smallest absolute Gasteiger partial charge is 0.338 e. The summed E-state index contributed by atoms with van der Waals surface area (Å²) in [6.45, 7) is 5.14. The van der Waals surface area contributed by atoms with Crippen LogP contribution >= 0.6 is 0 Å². The van der Waals surface area contributed by atoms with Crippen LogP contribution in [0.15, 0.2) is 36.4 Å². The van der Waals surface area contributed by atoms with E-state index < -0.39 is 17.9 Å². The highest BCUT2D eigenvalue weighted by Gasteiger charge is 2.67. The van der Waals surface area contributed by atoms with E-state index in [0.717, 1.165) is 6.42 Å². The van der Waals surface area contributed by atoms with Crippen LogP contribution in [-0.4, -0.2) is 40.7 Å². The summed E-state index contributed by atoms with van der Waals surface area (Å²) in [5.41, 5.74) is 0.868. The zero-order valence-corrected chi connectivity index (χ0v) is 17.8. The predicted molar refractivity (Wildman–Crippen MR) is 112 cm³/mol. The number of esters is 1. The topological polar surface area (TPSA) is 92.8 Å². The molecule has 1 aromatic rings. The van der Waals surface area contributed by atoms with Crippen molar-refractivity contribution in [2.75, 3.05) is 5.32 Å². The summed E-state index contributed by atoms with van der Waals surface area (Å²) in [4.78, 5) is 52.3. The number of nitrogens with zero attached hydrogens (tertiary/aromatic N) is 1. The van der Waals surface area contributed by atoms with Gasteiger partial charge in [0.25, 0.3) is 0 Å². The van der Waals surface area contributed by atoms with Crippen LogP contribution in [-0.2, 0) is 19.1 Å². The molecular weight excluding hydrogens is 396 g/mol. The molecule has 7 heteroatoms. The van der Waals surface area contributed by atoms with Gasteiger partial charge in [-0.15, -0.1) is 0 Å². The molecule has 5 aliphatic rings. The van der Waals surface area contributed by atoms with Gasteiger partial charge in [0, 0.05) is 5.69 Å². The van der Waals surface area contributed by atoms with E-state index in [1.54, 1.807) is 45.0 Å². The Morgan fingerprint density at radius 3 is 2.03 bits per heavy atom. The fourth-order valence-electron chi connectivity index (χ4n) is 5.70. The average molecular weight is 422 g/mol. The maximum Gasteiger partial charge on any atom is 0.338 e. The summed E-state index contributed by atoms with van der Waals surface area (Å²) in [6.07, 6.45) is 5.12. The zero-order chi connectivity index (χ0) is 22.0. The van der Waals surface area contributed by atoms with Gasteiger partial charge in [0.05, 0.1) is 23.5 Å². The zero-order valence-electron chi connectivity index (χ0n) is 17.8. The summed E-state index contributed by atoms with van der Waals surface area (Å²) >= 11 is 0. The molecule has 0 aromatic heterocycles. The minimum atomic E-state index is -0.896. The summed E-state index contributed by atoms with van der Waals surface area (Å²) < 4.78 is 5.15. The number of nitrogens with one attached hydrogen (secondary N) is 1. The van der Waals surface area contributed by atoms with Crippen molar-refractivity contribution in [3.8, 4) is 0 Å². The Labute approximate surface area is 180 Å². The van der Waals surface area contributed by atoms with Crippen LogP contribution in [0.1, 0.15) is 37.6 Å². The summed E-state index contributed by atoms with van der Waals surface area (Å²) in [5.74, 6) is -0.592. The Kier molecular flexibility index (Phi) is 4.53. The molecular formula is C24H26N2O5. The van der Waals surface area contributed by atoms with E-state index in [4.69, 9.17) is 4.74 Å². The van der Waals surface area contributed by atoms with Crippen molar-refractivity contribution >= 4 is 29.4 Å². The van der Waals surface area contributed by atoms with Crippen LogP contribution in [0.4, 0.5) is 5.69 Å². The first-order valence-electron chi connectivity index (χ1n) is 10.9. The van der Waals surface area contributed by atoms with Crippen LogP contribution in [0.3, 0.4) is 0 Å². The number of ether oxygens (including phenoxy) is 1. The molecule has 2 bridgehead atoms. The van der Waals surface area contributed by atoms with Crippen molar-refractivity contribution in [1.82, 2.24) is 4.90 Å². The van der Waals surface area contributed by atoms with Crippen LogP contribution in [0.5, 0.6) is 0 Å². The second-order valence-electron chi connectivity index (χ2n) is 9.40. The Morgan fingerprint density at radius 1 is 0.968 bits per heavy atom. The summed E-state index contributed by atoms with van der Waals surface area (Å²) in [7, 11) is 0. The molecule has 0 unspecified atom stereocenters. The number of imide groups is 1. The molecule has 0 radical (unpaired) electrons. The van der Waals surface area contributed by atoms with Crippen LogP contribution < -0.4 is 5.32 Å². The van der Waals surface area contributed by atoms with Gasteiger partial charge in [0.1, 0.15) is 6.04 Å². The average Bonchev–Trinajstić information content (AvgIpc) is 3.51. The lowest BCUT2D eigenvalue weighted by molar-refractivity contribution is -0.146. The second-order valence-corrected chi connectivity index (χ2v) is 9.40. The third-order valence-corrected chi connectivity index (χ3v) is 7.19. The summed E-state index contributed by atoms with van der Waals surface area (Å²) in [5, 5.41) is 2.75. The van der Waals surface area contributed by atoms with Gasteiger partial charge in [-0.2, -0.15) is 0 Å². The van der Waals surface area contributed by atoms with E-state index in [1.165, 1.54) is 4.90 Å². The largest absolute Gasteiger partial charge is 0.459 e. The fourth-order valence-corrected chi connectivity index (χ4v) is 5.70. The van der Waals surface area contributed by atoms with Gasteiger partial charge in [-0.3, -0.25) is 19.3 Å². The molecule has 2 saturated carbocycles. The lowest BCUT2D eigenvalue weighted by Crippen LogP contribution is -2.46. The highest BCUT2D eigenvalue weighted by Crippen LogP contribution is 2.65. The van der Waals surface area contributed by atoms with Crippen molar-refractivity contribution in [1.29, 1.82) is 0 Å². The van der Waals surface area contributed by atoms with Crippen LogP contribution in [0, 0.1) is 35.5 Å². The Balaban J connectivity index is 1.27. The highest BCUT2D eigenvalue weighted by atomic mass is 16.5. The Bertz CT molecular complexity index is 962. The molecule has 6 rings (SSSR count). The number of likely N-dealkylation sites (tertiary alicyclic amines) is 1. The number of carbonyl (C=O) groups is 4. The number of hydrogen-bond donors (Lipinski definition) is 1. The molecule has 3 amide bonds. The monoisotopic (exact) mass is 422 g/mol. The highest BCUT2D eigenvalue weighted by molar-refractivity contribution is 6.10. The third-order valence-electron chi connectivity index (χ3n) is 7.19. The molecule has 1 aliphatic heterocycles. The maximum absolute atomic E-state index is 13.1. The molecule has 1 heterocycles. The number of carbonyl (C=O) groups excluding carboxylic acids is 4. The molecule has 1 saturated heterocycles. The van der Waals surface area contributed by atoms with Crippen molar-refractivity contribution in [3.63, 3.8) is 0 Å². The van der Waals surface area contributed by atoms with E-state index >= 15 is 0 Å². The van der Waals surface area contributed by atoms with E-state index in [1.807, 2.05) is 0 Å². The molecule has 7 atom stereocenters. The third kappa shape index (κ3) is 3.09. The number of hydrogen-bond acceptors (Lipinski definition) is 5. The van der Waals surface area contributed by atoms with Crippen molar-refractivity contribution in [2.45, 2.75) is 39.3 Å². The van der Waals surface area contributed by atoms with E-state index in [-0.39, 0.29) is 41.6 Å². The minimum absolute atomic E-state index is 0.134. The SMILES string of the molecule is CC(C)OC(=O)c1ccc(NC(=O)[C@H](C)N2C(=O)[C@@H]3[C@H]4C=C[C@@H]([C@@H]5C[C@H]45)[C@H]3C2=O)cc1. The molecule has 4 aliphatic carbocycles. The first-order valence-corrected chi connectivity index (χ1v) is 10.9. The van der Waals surface area contributed by atoms with Gasteiger partial charge in [0.2, 0.25) is 17.7 Å². The first-order chi connectivity index (χ1) is 14.8. The van der Waals surface area contributed by atoms with E-state index in [0.29, 0.717) is 23.1 Å². The number of anilines is 1.